The van der Waals surface area contributed by atoms with E-state index < -0.39 is 6.10 Å². The zero-order valence-electron chi connectivity index (χ0n) is 16.7. The lowest BCUT2D eigenvalue weighted by Crippen LogP contribution is -2.46. The predicted octanol–water partition coefficient (Wildman–Crippen LogP) is 2.28. The largest absolute Gasteiger partial charge is 0.486 e. The van der Waals surface area contributed by atoms with Crippen LogP contribution in [0.25, 0.3) is 0 Å². The lowest BCUT2D eigenvalue weighted by molar-refractivity contribution is 0.0908. The molecule has 4 rings (SSSR count). The number of rotatable bonds is 8. The monoisotopic (exact) mass is 398 g/mol. The zero-order chi connectivity index (χ0) is 20.1. The quantitative estimate of drug-likeness (QED) is 0.634. The maximum absolute atomic E-state index is 11.3. The summed E-state index contributed by atoms with van der Waals surface area (Å²) in [5.74, 6) is 1.39. The fourth-order valence-electron chi connectivity index (χ4n) is 4.16. The first kappa shape index (κ1) is 20.2. The molecule has 0 spiro atoms. The van der Waals surface area contributed by atoms with Gasteiger partial charge in [0, 0.05) is 6.54 Å². The summed E-state index contributed by atoms with van der Waals surface area (Å²) < 4.78 is 11.3. The van der Waals surface area contributed by atoms with Crippen molar-refractivity contribution in [2.45, 2.75) is 31.0 Å². The Morgan fingerprint density at radius 1 is 0.931 bits per heavy atom. The van der Waals surface area contributed by atoms with Gasteiger partial charge in [-0.3, -0.25) is 0 Å². The Balaban J connectivity index is 1.55. The summed E-state index contributed by atoms with van der Waals surface area (Å²) in [5, 5.41) is 24.8. The van der Waals surface area contributed by atoms with Crippen LogP contribution >= 0.6 is 0 Å². The summed E-state index contributed by atoms with van der Waals surface area (Å²) >= 11 is 0. The second kappa shape index (κ2) is 9.59. The van der Waals surface area contributed by atoms with Crippen molar-refractivity contribution in [2.24, 2.45) is 0 Å². The highest BCUT2D eigenvalue weighted by Crippen LogP contribution is 2.34. The van der Waals surface area contributed by atoms with Crippen molar-refractivity contribution in [3.05, 3.63) is 59.7 Å². The molecular weight excluding hydrogens is 368 g/mol. The molecule has 0 saturated carbocycles. The first-order chi connectivity index (χ1) is 14.2. The van der Waals surface area contributed by atoms with E-state index in [2.05, 4.69) is 10.2 Å². The SMILES string of the molecule is OC[C@H](N[C@H](CN1CCCC1)[C@H](O)c1ccc2c(c1)OCCO2)c1ccccc1. The third-order valence-corrected chi connectivity index (χ3v) is 5.74. The molecule has 6 heteroatoms. The molecule has 156 valence electrons. The molecule has 0 aromatic heterocycles. The lowest BCUT2D eigenvalue weighted by atomic mass is 9.98. The molecule has 2 aliphatic rings. The van der Waals surface area contributed by atoms with E-state index in [4.69, 9.17) is 9.47 Å². The van der Waals surface area contributed by atoms with E-state index >= 15 is 0 Å². The molecule has 0 unspecified atom stereocenters. The Bertz CT molecular complexity index is 780. The fraction of sp³-hybridized carbons (Fsp3) is 0.478. The van der Waals surface area contributed by atoms with E-state index in [1.54, 1.807) is 0 Å². The van der Waals surface area contributed by atoms with Gasteiger partial charge in [0.1, 0.15) is 13.2 Å². The molecule has 1 saturated heterocycles. The Kier molecular flexibility index (Phi) is 6.67. The molecule has 0 amide bonds. The molecule has 2 heterocycles. The molecule has 3 N–H and O–H groups in total. The number of aliphatic hydroxyl groups excluding tert-OH is 2. The van der Waals surface area contributed by atoms with Gasteiger partial charge in [-0.15, -0.1) is 0 Å². The van der Waals surface area contributed by atoms with Gasteiger partial charge in [-0.05, 0) is 49.2 Å². The summed E-state index contributed by atoms with van der Waals surface area (Å²) in [7, 11) is 0. The number of likely N-dealkylation sites (tertiary alicyclic amines) is 1. The third-order valence-electron chi connectivity index (χ3n) is 5.74. The fourth-order valence-corrected chi connectivity index (χ4v) is 4.16. The third kappa shape index (κ3) is 4.90. The number of aliphatic hydroxyl groups is 2. The summed E-state index contributed by atoms with van der Waals surface area (Å²) in [6.45, 7) is 3.83. The lowest BCUT2D eigenvalue weighted by Gasteiger charge is -2.32. The predicted molar refractivity (Wildman–Crippen MR) is 111 cm³/mol. The van der Waals surface area contributed by atoms with Crippen LogP contribution in [0.5, 0.6) is 11.5 Å². The normalized spacial score (nSPS) is 19.7. The van der Waals surface area contributed by atoms with Gasteiger partial charge in [-0.1, -0.05) is 36.4 Å². The van der Waals surface area contributed by atoms with Crippen LogP contribution in [0.1, 0.15) is 36.1 Å². The van der Waals surface area contributed by atoms with Gasteiger partial charge in [0.15, 0.2) is 11.5 Å². The van der Waals surface area contributed by atoms with Gasteiger partial charge >= 0.3 is 0 Å². The minimum Gasteiger partial charge on any atom is -0.486 e. The number of ether oxygens (including phenoxy) is 2. The highest BCUT2D eigenvalue weighted by atomic mass is 16.6. The number of benzene rings is 2. The molecule has 2 aliphatic heterocycles. The Morgan fingerprint density at radius 3 is 2.38 bits per heavy atom. The van der Waals surface area contributed by atoms with E-state index in [9.17, 15) is 10.2 Å². The van der Waals surface area contributed by atoms with Gasteiger partial charge < -0.3 is 29.9 Å². The van der Waals surface area contributed by atoms with Crippen LogP contribution in [0.4, 0.5) is 0 Å². The molecule has 0 bridgehead atoms. The van der Waals surface area contributed by atoms with Crippen LogP contribution in [-0.2, 0) is 0 Å². The number of hydrogen-bond acceptors (Lipinski definition) is 6. The minimum absolute atomic E-state index is 0.0334. The molecular formula is C23H30N2O4. The van der Waals surface area contributed by atoms with Gasteiger partial charge in [0.25, 0.3) is 0 Å². The second-order valence-corrected chi connectivity index (χ2v) is 7.77. The molecule has 6 nitrogen and oxygen atoms in total. The van der Waals surface area contributed by atoms with E-state index in [1.807, 2.05) is 48.5 Å². The van der Waals surface area contributed by atoms with Crippen LogP contribution in [-0.4, -0.2) is 60.6 Å². The zero-order valence-corrected chi connectivity index (χ0v) is 16.7. The van der Waals surface area contributed by atoms with E-state index in [1.165, 1.54) is 12.8 Å². The van der Waals surface area contributed by atoms with Crippen molar-refractivity contribution in [1.82, 2.24) is 10.2 Å². The smallest absolute Gasteiger partial charge is 0.161 e. The Labute approximate surface area is 172 Å². The van der Waals surface area contributed by atoms with Crippen LogP contribution in [0.2, 0.25) is 0 Å². The summed E-state index contributed by atoms with van der Waals surface area (Å²) in [6.07, 6.45) is 1.65. The molecule has 1 fully saturated rings. The van der Waals surface area contributed by atoms with Crippen molar-refractivity contribution < 1.29 is 19.7 Å². The summed E-state index contributed by atoms with van der Waals surface area (Å²) in [4.78, 5) is 2.37. The van der Waals surface area contributed by atoms with Gasteiger partial charge in [-0.25, -0.2) is 0 Å². The van der Waals surface area contributed by atoms with Crippen LogP contribution in [0, 0.1) is 0 Å². The van der Waals surface area contributed by atoms with Crippen molar-refractivity contribution in [3.8, 4) is 11.5 Å². The topological polar surface area (TPSA) is 74.2 Å². The average molecular weight is 399 g/mol. The molecule has 0 radical (unpaired) electrons. The molecule has 0 aliphatic carbocycles. The van der Waals surface area contributed by atoms with Crippen molar-refractivity contribution in [3.63, 3.8) is 0 Å². The van der Waals surface area contributed by atoms with Crippen LogP contribution in [0.3, 0.4) is 0 Å². The first-order valence-corrected chi connectivity index (χ1v) is 10.5. The number of fused-ring (bicyclic) bond motifs is 1. The van der Waals surface area contributed by atoms with Gasteiger partial charge in [0.05, 0.1) is 24.8 Å². The molecule has 2 aromatic rings. The standard InChI is InChI=1S/C23H30N2O4/c26-16-20(17-6-2-1-3-7-17)24-19(15-25-10-4-5-11-25)23(27)18-8-9-21-22(14-18)29-13-12-28-21/h1-3,6-9,14,19-20,23-24,26-27H,4-5,10-13,15-16H2/t19-,20+,23-/m1/s1. The first-order valence-electron chi connectivity index (χ1n) is 10.5. The number of nitrogens with zero attached hydrogens (tertiary/aromatic N) is 1. The van der Waals surface area contributed by atoms with Crippen molar-refractivity contribution in [2.75, 3.05) is 39.5 Å². The summed E-state index contributed by atoms with van der Waals surface area (Å²) in [6, 6.07) is 15.0. The van der Waals surface area contributed by atoms with Gasteiger partial charge in [-0.2, -0.15) is 0 Å². The highest BCUT2D eigenvalue weighted by molar-refractivity contribution is 5.44. The van der Waals surface area contributed by atoms with Crippen LogP contribution in [0.15, 0.2) is 48.5 Å². The Hall–Kier alpha value is -2.12. The van der Waals surface area contributed by atoms with E-state index in [0.717, 1.165) is 30.8 Å². The molecule has 3 atom stereocenters. The minimum atomic E-state index is -0.732. The van der Waals surface area contributed by atoms with E-state index in [-0.39, 0.29) is 18.7 Å². The molecule has 29 heavy (non-hydrogen) atoms. The van der Waals surface area contributed by atoms with Crippen LogP contribution < -0.4 is 14.8 Å². The Morgan fingerprint density at radius 2 is 1.66 bits per heavy atom. The van der Waals surface area contributed by atoms with Crippen molar-refractivity contribution in [1.29, 1.82) is 0 Å². The maximum atomic E-state index is 11.3. The van der Waals surface area contributed by atoms with Gasteiger partial charge in [0.2, 0.25) is 0 Å². The summed E-state index contributed by atoms with van der Waals surface area (Å²) in [5.41, 5.74) is 1.80. The average Bonchev–Trinajstić information content (AvgIpc) is 3.29. The molecule has 2 aromatic carbocycles. The highest BCUT2D eigenvalue weighted by Gasteiger charge is 2.28. The maximum Gasteiger partial charge on any atom is 0.161 e. The van der Waals surface area contributed by atoms with Crippen molar-refractivity contribution >= 4 is 0 Å². The van der Waals surface area contributed by atoms with E-state index in [0.29, 0.717) is 24.7 Å². The second-order valence-electron chi connectivity index (χ2n) is 7.77. The number of nitrogens with one attached hydrogen (secondary N) is 1. The number of hydrogen-bond donors (Lipinski definition) is 3.